The van der Waals surface area contributed by atoms with Gasteiger partial charge in [0.15, 0.2) is 11.5 Å². The van der Waals surface area contributed by atoms with Crippen molar-refractivity contribution in [3.8, 4) is 17.2 Å². The summed E-state index contributed by atoms with van der Waals surface area (Å²) in [5.41, 5.74) is 2.15. The molecule has 0 aliphatic rings. The van der Waals surface area contributed by atoms with Gasteiger partial charge in [0.05, 0.1) is 25.0 Å². The predicted octanol–water partition coefficient (Wildman–Crippen LogP) is 4.61. The summed E-state index contributed by atoms with van der Waals surface area (Å²) in [5, 5.41) is 6.80. The largest absolute Gasteiger partial charge is 0.494 e. The minimum absolute atomic E-state index is 0.194. The van der Waals surface area contributed by atoms with Gasteiger partial charge >= 0.3 is 0 Å². The number of methoxy groups -OCH3 is 1. The van der Waals surface area contributed by atoms with E-state index in [0.717, 1.165) is 24.1 Å². The van der Waals surface area contributed by atoms with Crippen molar-refractivity contribution in [2.75, 3.05) is 20.3 Å². The van der Waals surface area contributed by atoms with Crippen LogP contribution in [-0.4, -0.2) is 31.3 Å². The highest BCUT2D eigenvalue weighted by Crippen LogP contribution is 2.29. The number of nitrogens with one attached hydrogen (secondary N) is 1. The summed E-state index contributed by atoms with van der Waals surface area (Å²) in [7, 11) is 1.53. The number of benzene rings is 2. The van der Waals surface area contributed by atoms with Crippen LogP contribution in [0.1, 0.15) is 40.2 Å². The number of unbranched alkanes of at least 4 members (excludes halogenated alkanes) is 1. The van der Waals surface area contributed by atoms with Crippen LogP contribution in [0.5, 0.6) is 17.2 Å². The van der Waals surface area contributed by atoms with Crippen LogP contribution in [0.15, 0.2) is 47.0 Å². The number of rotatable bonds is 11. The second kappa shape index (κ2) is 11.2. The van der Waals surface area contributed by atoms with Gasteiger partial charge in [-0.05, 0) is 69.2 Å². The van der Waals surface area contributed by atoms with E-state index in [9.17, 15) is 9.18 Å². The van der Waals surface area contributed by atoms with E-state index in [4.69, 9.17) is 18.7 Å². The average Bonchev–Trinajstić information content (AvgIpc) is 3.12. The van der Waals surface area contributed by atoms with Crippen molar-refractivity contribution >= 4 is 5.91 Å². The summed E-state index contributed by atoms with van der Waals surface area (Å²) >= 11 is 0. The Balaban J connectivity index is 1.44. The molecule has 0 unspecified atom stereocenters. The zero-order chi connectivity index (χ0) is 22.9. The molecule has 170 valence electrons. The smallest absolute Gasteiger partial charge is 0.251 e. The zero-order valence-corrected chi connectivity index (χ0v) is 18.4. The molecule has 1 N–H and O–H groups in total. The number of halogens is 1. The Hall–Kier alpha value is -3.55. The van der Waals surface area contributed by atoms with Crippen molar-refractivity contribution in [1.29, 1.82) is 0 Å². The van der Waals surface area contributed by atoms with Gasteiger partial charge in [-0.1, -0.05) is 5.16 Å². The fraction of sp³-hybridized carbons (Fsp3) is 0.333. The third-order valence-electron chi connectivity index (χ3n) is 4.92. The third-order valence-corrected chi connectivity index (χ3v) is 4.92. The van der Waals surface area contributed by atoms with Crippen molar-refractivity contribution in [2.24, 2.45) is 0 Å². The predicted molar refractivity (Wildman–Crippen MR) is 117 cm³/mol. The summed E-state index contributed by atoms with van der Waals surface area (Å²) < 4.78 is 34.8. The number of carbonyl (C=O) groups excluding carboxylic acids is 1. The van der Waals surface area contributed by atoms with Crippen molar-refractivity contribution in [3.63, 3.8) is 0 Å². The number of amides is 1. The molecule has 0 bridgehead atoms. The molecule has 32 heavy (non-hydrogen) atoms. The van der Waals surface area contributed by atoms with Gasteiger partial charge in [0.25, 0.3) is 5.91 Å². The van der Waals surface area contributed by atoms with E-state index in [2.05, 4.69) is 10.5 Å². The van der Waals surface area contributed by atoms with Gasteiger partial charge < -0.3 is 24.1 Å². The third kappa shape index (κ3) is 6.23. The molecule has 3 rings (SSSR count). The van der Waals surface area contributed by atoms with Crippen LogP contribution in [0, 0.1) is 19.7 Å². The molecule has 2 aromatic carbocycles. The van der Waals surface area contributed by atoms with Crippen LogP contribution in [0.2, 0.25) is 0 Å². The van der Waals surface area contributed by atoms with Crippen LogP contribution < -0.4 is 19.5 Å². The first kappa shape index (κ1) is 23.1. The van der Waals surface area contributed by atoms with E-state index < -0.39 is 0 Å². The number of nitrogens with zero attached hydrogens (tertiary/aromatic N) is 1. The minimum atomic E-state index is -0.295. The van der Waals surface area contributed by atoms with E-state index in [1.165, 1.54) is 19.2 Å². The molecule has 0 atom stereocenters. The van der Waals surface area contributed by atoms with Crippen molar-refractivity contribution in [3.05, 3.63) is 70.9 Å². The molecule has 1 amide bonds. The van der Waals surface area contributed by atoms with E-state index >= 15 is 0 Å². The van der Waals surface area contributed by atoms with Gasteiger partial charge in [-0.2, -0.15) is 0 Å². The molecular formula is C24H27FN2O5. The SMILES string of the molecule is COc1cc(C(=O)NCCCCOc2ccc(F)cc2)ccc1OCc1c(C)noc1C. The lowest BCUT2D eigenvalue weighted by molar-refractivity contribution is 0.0952. The highest BCUT2D eigenvalue weighted by atomic mass is 19.1. The molecule has 0 saturated carbocycles. The molecule has 0 saturated heterocycles. The van der Waals surface area contributed by atoms with Crippen LogP contribution >= 0.6 is 0 Å². The zero-order valence-electron chi connectivity index (χ0n) is 18.4. The lowest BCUT2D eigenvalue weighted by Crippen LogP contribution is -2.24. The van der Waals surface area contributed by atoms with Crippen LogP contribution in [-0.2, 0) is 6.61 Å². The van der Waals surface area contributed by atoms with Gasteiger partial charge in [0, 0.05) is 12.1 Å². The number of ether oxygens (including phenoxy) is 3. The molecule has 1 aromatic heterocycles. The maximum absolute atomic E-state index is 12.9. The van der Waals surface area contributed by atoms with E-state index in [1.54, 1.807) is 30.3 Å². The Morgan fingerprint density at radius 3 is 2.53 bits per heavy atom. The number of aryl methyl sites for hydroxylation is 2. The second-order valence-electron chi connectivity index (χ2n) is 7.22. The molecule has 0 spiro atoms. The van der Waals surface area contributed by atoms with Crippen LogP contribution in [0.3, 0.4) is 0 Å². The van der Waals surface area contributed by atoms with Gasteiger partial charge in [-0.25, -0.2) is 4.39 Å². The highest BCUT2D eigenvalue weighted by Gasteiger charge is 2.14. The number of hydrogen-bond acceptors (Lipinski definition) is 6. The number of aromatic nitrogens is 1. The first-order chi connectivity index (χ1) is 15.5. The molecule has 0 aliphatic heterocycles. The van der Waals surface area contributed by atoms with Gasteiger partial charge in [0.2, 0.25) is 0 Å². The summed E-state index contributed by atoms with van der Waals surface area (Å²) in [6.07, 6.45) is 1.51. The molecular weight excluding hydrogens is 415 g/mol. The minimum Gasteiger partial charge on any atom is -0.494 e. The Bertz CT molecular complexity index is 1010. The van der Waals surface area contributed by atoms with E-state index in [0.29, 0.717) is 48.3 Å². The molecule has 0 radical (unpaired) electrons. The Morgan fingerprint density at radius 1 is 1.06 bits per heavy atom. The van der Waals surface area contributed by atoms with Gasteiger partial charge in [-0.15, -0.1) is 0 Å². The lowest BCUT2D eigenvalue weighted by Gasteiger charge is -2.12. The van der Waals surface area contributed by atoms with Crippen LogP contribution in [0.4, 0.5) is 4.39 Å². The maximum Gasteiger partial charge on any atom is 0.251 e. The maximum atomic E-state index is 12.9. The monoisotopic (exact) mass is 442 g/mol. The van der Waals surface area contributed by atoms with Crippen LogP contribution in [0.25, 0.3) is 0 Å². The number of hydrogen-bond donors (Lipinski definition) is 1. The quantitative estimate of drug-likeness (QED) is 0.437. The molecule has 7 nitrogen and oxygen atoms in total. The summed E-state index contributed by atoms with van der Waals surface area (Å²) in [6.45, 7) is 4.99. The first-order valence-corrected chi connectivity index (χ1v) is 10.4. The fourth-order valence-corrected chi connectivity index (χ4v) is 3.04. The Labute approximate surface area is 186 Å². The Morgan fingerprint density at radius 2 is 1.84 bits per heavy atom. The topological polar surface area (TPSA) is 82.8 Å². The van der Waals surface area contributed by atoms with Gasteiger partial charge in [0.1, 0.15) is 23.9 Å². The van der Waals surface area contributed by atoms with Crippen molar-refractivity contribution in [1.82, 2.24) is 10.5 Å². The van der Waals surface area contributed by atoms with Crippen molar-refractivity contribution in [2.45, 2.75) is 33.3 Å². The molecule has 1 heterocycles. The Kier molecular flexibility index (Phi) is 8.08. The second-order valence-corrected chi connectivity index (χ2v) is 7.22. The van der Waals surface area contributed by atoms with E-state index in [-0.39, 0.29) is 11.7 Å². The highest BCUT2D eigenvalue weighted by molar-refractivity contribution is 5.94. The normalized spacial score (nSPS) is 10.6. The van der Waals surface area contributed by atoms with Gasteiger partial charge in [-0.3, -0.25) is 4.79 Å². The molecule has 3 aromatic rings. The summed E-state index contributed by atoms with van der Waals surface area (Å²) in [6, 6.07) is 10.9. The average molecular weight is 442 g/mol. The fourth-order valence-electron chi connectivity index (χ4n) is 3.04. The standard InChI is InChI=1S/C24H27FN2O5/c1-16-21(17(2)32-27-16)15-31-22-11-6-18(14-23(22)29-3)24(28)26-12-4-5-13-30-20-9-7-19(25)8-10-20/h6-11,14H,4-5,12-13,15H2,1-3H3,(H,26,28). The first-order valence-electron chi connectivity index (χ1n) is 10.4. The number of carbonyl (C=O) groups is 1. The molecule has 0 aliphatic carbocycles. The van der Waals surface area contributed by atoms with E-state index in [1.807, 2.05) is 13.8 Å². The summed E-state index contributed by atoms with van der Waals surface area (Å²) in [5.74, 6) is 1.84. The lowest BCUT2D eigenvalue weighted by atomic mass is 10.1. The molecule has 0 fully saturated rings. The molecule has 8 heteroatoms. The summed E-state index contributed by atoms with van der Waals surface area (Å²) in [4.78, 5) is 12.4. The van der Waals surface area contributed by atoms with Crippen molar-refractivity contribution < 1.29 is 27.9 Å².